The minimum absolute atomic E-state index is 0.0596. The second kappa shape index (κ2) is 9.13. The highest BCUT2D eigenvalue weighted by atomic mass is 19.4. The van der Waals surface area contributed by atoms with Crippen molar-refractivity contribution in [2.75, 3.05) is 23.3 Å². The van der Waals surface area contributed by atoms with Crippen molar-refractivity contribution in [2.24, 2.45) is 0 Å². The molecule has 1 aliphatic rings. The first-order valence-electron chi connectivity index (χ1n) is 11.4. The number of fused-ring (bicyclic) bond motifs is 1. The van der Waals surface area contributed by atoms with Crippen LogP contribution in [0.25, 0.3) is 10.9 Å². The van der Waals surface area contributed by atoms with E-state index in [-0.39, 0.29) is 11.9 Å². The third-order valence-electron chi connectivity index (χ3n) is 6.34. The van der Waals surface area contributed by atoms with Gasteiger partial charge in [-0.25, -0.2) is 9.37 Å². The Morgan fingerprint density at radius 2 is 1.80 bits per heavy atom. The van der Waals surface area contributed by atoms with E-state index in [1.165, 1.54) is 18.3 Å². The molecule has 182 valence electrons. The van der Waals surface area contributed by atoms with Crippen molar-refractivity contribution in [3.63, 3.8) is 0 Å². The fourth-order valence-electron chi connectivity index (χ4n) is 4.43. The van der Waals surface area contributed by atoms with Crippen LogP contribution >= 0.6 is 0 Å². The Kier molecular flexibility index (Phi) is 6.00. The largest absolute Gasteiger partial charge is 0.490 e. The van der Waals surface area contributed by atoms with Crippen molar-refractivity contribution in [2.45, 2.75) is 32.0 Å². The van der Waals surface area contributed by atoms with Crippen molar-refractivity contribution in [3.8, 4) is 5.75 Å². The fourth-order valence-corrected chi connectivity index (χ4v) is 4.43. The molecule has 1 saturated heterocycles. The van der Waals surface area contributed by atoms with Gasteiger partial charge in [0.1, 0.15) is 23.5 Å². The summed E-state index contributed by atoms with van der Waals surface area (Å²) in [6, 6.07) is 12.2. The van der Waals surface area contributed by atoms with Crippen LogP contribution in [-0.4, -0.2) is 29.2 Å². The highest BCUT2D eigenvalue weighted by Crippen LogP contribution is 2.33. The van der Waals surface area contributed by atoms with Crippen LogP contribution in [-0.2, 0) is 6.18 Å². The van der Waals surface area contributed by atoms with Crippen LogP contribution in [0.2, 0.25) is 0 Å². The lowest BCUT2D eigenvalue weighted by atomic mass is 10.1. The van der Waals surface area contributed by atoms with E-state index in [2.05, 4.69) is 20.2 Å². The lowest BCUT2D eigenvalue weighted by Crippen LogP contribution is -2.38. The average Bonchev–Trinajstić information content (AvgIpc) is 3.21. The molecule has 1 fully saturated rings. The van der Waals surface area contributed by atoms with Gasteiger partial charge in [-0.05, 0) is 55.5 Å². The Hall–Kier alpha value is -3.75. The maximum atomic E-state index is 13.7. The third kappa shape index (κ3) is 4.89. The van der Waals surface area contributed by atoms with E-state index in [0.29, 0.717) is 16.7 Å². The van der Waals surface area contributed by atoms with E-state index < -0.39 is 11.7 Å². The Morgan fingerprint density at radius 1 is 1.06 bits per heavy atom. The number of rotatable bonds is 5. The zero-order valence-corrected chi connectivity index (χ0v) is 19.0. The number of halogens is 4. The standard InChI is InChI=1S/C26H24F4N4O/c1-16-24(8-11-31-25(16)33-18-4-7-21-22(27)15-32-23(21)14-18)34-12-9-20(10-13-34)35-19-5-2-17(3-6-19)26(28,29)30/h2-8,11,14-15,20,32H,9-10,12-13H2,1H3,(H,31,33). The molecule has 2 aromatic heterocycles. The molecule has 0 atom stereocenters. The molecular formula is C26H24F4N4O. The first-order chi connectivity index (χ1) is 16.8. The van der Waals surface area contributed by atoms with Gasteiger partial charge in [0.15, 0.2) is 0 Å². The topological polar surface area (TPSA) is 53.2 Å². The quantitative estimate of drug-likeness (QED) is 0.305. The summed E-state index contributed by atoms with van der Waals surface area (Å²) in [7, 11) is 0. The molecule has 5 rings (SSSR count). The molecule has 0 amide bonds. The lowest BCUT2D eigenvalue weighted by molar-refractivity contribution is -0.137. The normalized spacial score (nSPS) is 14.9. The molecule has 3 heterocycles. The van der Waals surface area contributed by atoms with Crippen LogP contribution in [0, 0.1) is 12.7 Å². The van der Waals surface area contributed by atoms with Gasteiger partial charge in [-0.2, -0.15) is 13.2 Å². The van der Waals surface area contributed by atoms with E-state index in [9.17, 15) is 17.6 Å². The van der Waals surface area contributed by atoms with Gasteiger partial charge in [0, 0.05) is 60.6 Å². The van der Waals surface area contributed by atoms with Gasteiger partial charge in [-0.3, -0.25) is 0 Å². The van der Waals surface area contributed by atoms with Gasteiger partial charge in [-0.15, -0.1) is 0 Å². The molecule has 5 nitrogen and oxygen atoms in total. The summed E-state index contributed by atoms with van der Waals surface area (Å²) in [5, 5.41) is 3.86. The molecule has 0 spiro atoms. The molecule has 0 radical (unpaired) electrons. The van der Waals surface area contributed by atoms with Crippen LogP contribution in [0.1, 0.15) is 24.0 Å². The molecule has 2 N–H and O–H groups in total. The van der Waals surface area contributed by atoms with Crippen molar-refractivity contribution < 1.29 is 22.3 Å². The minimum atomic E-state index is -4.35. The summed E-state index contributed by atoms with van der Waals surface area (Å²) >= 11 is 0. The summed E-state index contributed by atoms with van der Waals surface area (Å²) in [5.74, 6) is 0.882. The second-order valence-corrected chi connectivity index (χ2v) is 8.65. The summed E-state index contributed by atoms with van der Waals surface area (Å²) in [6.07, 6.45) is 0.176. The first kappa shape index (κ1) is 23.0. The number of aromatic nitrogens is 2. The highest BCUT2D eigenvalue weighted by molar-refractivity contribution is 5.84. The van der Waals surface area contributed by atoms with Gasteiger partial charge in [0.25, 0.3) is 0 Å². The summed E-state index contributed by atoms with van der Waals surface area (Å²) in [4.78, 5) is 9.66. The van der Waals surface area contributed by atoms with Gasteiger partial charge in [0.2, 0.25) is 0 Å². The van der Waals surface area contributed by atoms with E-state index >= 15 is 0 Å². The van der Waals surface area contributed by atoms with Crippen LogP contribution in [0.5, 0.6) is 5.75 Å². The number of hydrogen-bond donors (Lipinski definition) is 2. The van der Waals surface area contributed by atoms with Crippen molar-refractivity contribution in [3.05, 3.63) is 77.9 Å². The number of nitrogens with one attached hydrogen (secondary N) is 2. The first-order valence-corrected chi connectivity index (χ1v) is 11.4. The Balaban J connectivity index is 1.23. The highest BCUT2D eigenvalue weighted by Gasteiger charge is 2.30. The van der Waals surface area contributed by atoms with Crippen molar-refractivity contribution in [1.29, 1.82) is 0 Å². The number of benzene rings is 2. The van der Waals surface area contributed by atoms with Gasteiger partial charge >= 0.3 is 6.18 Å². The van der Waals surface area contributed by atoms with E-state index in [0.717, 1.165) is 60.8 Å². The van der Waals surface area contributed by atoms with Gasteiger partial charge < -0.3 is 19.9 Å². The molecule has 0 unspecified atom stereocenters. The van der Waals surface area contributed by atoms with E-state index in [1.54, 1.807) is 12.3 Å². The van der Waals surface area contributed by atoms with E-state index in [4.69, 9.17) is 4.74 Å². The molecular weight excluding hydrogens is 460 g/mol. The number of hydrogen-bond acceptors (Lipinski definition) is 4. The third-order valence-corrected chi connectivity index (χ3v) is 6.34. The number of nitrogens with zero attached hydrogens (tertiary/aromatic N) is 2. The van der Waals surface area contributed by atoms with Crippen LogP contribution in [0.3, 0.4) is 0 Å². The predicted molar refractivity (Wildman–Crippen MR) is 128 cm³/mol. The number of piperidine rings is 1. The van der Waals surface area contributed by atoms with Crippen LogP contribution < -0.4 is 15.0 Å². The van der Waals surface area contributed by atoms with Crippen molar-refractivity contribution in [1.82, 2.24) is 9.97 Å². The maximum absolute atomic E-state index is 13.7. The second-order valence-electron chi connectivity index (χ2n) is 8.65. The smallest absolute Gasteiger partial charge is 0.416 e. The van der Waals surface area contributed by atoms with Crippen molar-refractivity contribution >= 4 is 28.1 Å². The number of aromatic amines is 1. The number of pyridine rings is 1. The zero-order chi connectivity index (χ0) is 24.6. The Bertz CT molecular complexity index is 1330. The number of anilines is 3. The lowest BCUT2D eigenvalue weighted by Gasteiger charge is -2.34. The molecule has 0 aliphatic carbocycles. The van der Waals surface area contributed by atoms with Crippen LogP contribution in [0.4, 0.5) is 34.8 Å². The molecule has 0 saturated carbocycles. The number of H-pyrrole nitrogens is 1. The zero-order valence-electron chi connectivity index (χ0n) is 19.0. The number of alkyl halides is 3. The monoisotopic (exact) mass is 484 g/mol. The maximum Gasteiger partial charge on any atom is 0.416 e. The molecule has 35 heavy (non-hydrogen) atoms. The number of ether oxygens (including phenoxy) is 1. The Morgan fingerprint density at radius 3 is 2.51 bits per heavy atom. The fraction of sp³-hybridized carbons (Fsp3) is 0.269. The Labute approximate surface area is 199 Å². The summed E-state index contributed by atoms with van der Waals surface area (Å²) in [5.41, 5.74) is 2.87. The summed E-state index contributed by atoms with van der Waals surface area (Å²) in [6.45, 7) is 3.51. The van der Waals surface area contributed by atoms with E-state index in [1.807, 2.05) is 25.1 Å². The minimum Gasteiger partial charge on any atom is -0.490 e. The van der Waals surface area contributed by atoms with Gasteiger partial charge in [0.05, 0.1) is 11.1 Å². The molecule has 1 aliphatic heterocycles. The average molecular weight is 484 g/mol. The molecule has 9 heteroatoms. The molecule has 4 aromatic rings. The van der Waals surface area contributed by atoms with Gasteiger partial charge in [-0.1, -0.05) is 0 Å². The van der Waals surface area contributed by atoms with Crippen LogP contribution in [0.15, 0.2) is 60.9 Å². The molecule has 2 aromatic carbocycles. The molecule has 0 bridgehead atoms. The predicted octanol–water partition coefficient (Wildman–Crippen LogP) is 6.82. The summed E-state index contributed by atoms with van der Waals surface area (Å²) < 4.78 is 57.9. The SMILES string of the molecule is Cc1c(N2CCC(Oc3ccc(C(F)(F)F)cc3)CC2)ccnc1Nc1ccc2c(F)c[nH]c2c1.